The van der Waals surface area contributed by atoms with Gasteiger partial charge < -0.3 is 11.1 Å². The monoisotopic (exact) mass is 298 g/mol. The summed E-state index contributed by atoms with van der Waals surface area (Å²) in [5.74, 6) is -0.795. The number of carbonyl (C=O) groups is 2. The van der Waals surface area contributed by atoms with Gasteiger partial charge in [-0.05, 0) is 12.8 Å². The Labute approximate surface area is 128 Å². The fourth-order valence-electron chi connectivity index (χ4n) is 2.98. The van der Waals surface area contributed by atoms with Gasteiger partial charge in [-0.25, -0.2) is 0 Å². The average Bonchev–Trinajstić information content (AvgIpc) is 3.17. The molecule has 1 saturated carbocycles. The summed E-state index contributed by atoms with van der Waals surface area (Å²) in [7, 11) is 0. The number of primary amides is 1. The maximum atomic E-state index is 12.6. The van der Waals surface area contributed by atoms with Crippen molar-refractivity contribution in [3.63, 3.8) is 0 Å². The highest BCUT2D eigenvalue weighted by molar-refractivity contribution is 6.02. The van der Waals surface area contributed by atoms with Crippen molar-refractivity contribution in [2.45, 2.75) is 31.2 Å². The number of nitrogens with zero attached hydrogens (tertiary/aromatic N) is 1. The minimum Gasteiger partial charge on any atom is -0.368 e. The molecule has 1 fully saturated rings. The van der Waals surface area contributed by atoms with Gasteiger partial charge in [0.25, 0.3) is 5.91 Å². The Balaban J connectivity index is 1.88. The number of hydrogen-bond acceptors (Lipinski definition) is 3. The number of H-pyrrole nitrogens is 1. The third-order valence-electron chi connectivity index (χ3n) is 4.23. The molecule has 1 aliphatic rings. The summed E-state index contributed by atoms with van der Waals surface area (Å²) in [6.07, 6.45) is 4.43. The number of hydrogen-bond donors (Lipinski definition) is 3. The van der Waals surface area contributed by atoms with Crippen molar-refractivity contribution in [1.29, 1.82) is 0 Å². The van der Waals surface area contributed by atoms with Gasteiger partial charge in [-0.2, -0.15) is 5.10 Å². The van der Waals surface area contributed by atoms with Gasteiger partial charge in [-0.1, -0.05) is 43.2 Å². The third kappa shape index (κ3) is 2.47. The SMILES string of the molecule is NC(=O)C1(NC(=O)c2cn[nH]c2-c2ccccc2)CCCC1. The number of rotatable bonds is 4. The maximum absolute atomic E-state index is 12.6. The summed E-state index contributed by atoms with van der Waals surface area (Å²) >= 11 is 0. The van der Waals surface area contributed by atoms with Gasteiger partial charge in [-0.3, -0.25) is 14.7 Å². The molecule has 1 aliphatic carbocycles. The first-order chi connectivity index (χ1) is 10.6. The van der Waals surface area contributed by atoms with E-state index in [-0.39, 0.29) is 5.91 Å². The van der Waals surface area contributed by atoms with Crippen molar-refractivity contribution in [2.75, 3.05) is 0 Å². The summed E-state index contributed by atoms with van der Waals surface area (Å²) in [6, 6.07) is 9.47. The predicted molar refractivity (Wildman–Crippen MR) is 81.9 cm³/mol. The molecule has 1 heterocycles. The number of amides is 2. The maximum Gasteiger partial charge on any atom is 0.255 e. The first-order valence-corrected chi connectivity index (χ1v) is 7.34. The van der Waals surface area contributed by atoms with Gasteiger partial charge in [-0.15, -0.1) is 0 Å². The summed E-state index contributed by atoms with van der Waals surface area (Å²) in [6.45, 7) is 0. The third-order valence-corrected chi connectivity index (χ3v) is 4.23. The van der Waals surface area contributed by atoms with Gasteiger partial charge >= 0.3 is 0 Å². The molecule has 0 bridgehead atoms. The van der Waals surface area contributed by atoms with E-state index in [2.05, 4.69) is 15.5 Å². The van der Waals surface area contributed by atoms with Crippen molar-refractivity contribution in [3.8, 4) is 11.3 Å². The molecule has 6 nitrogen and oxygen atoms in total. The van der Waals surface area contributed by atoms with Crippen LogP contribution in [0.5, 0.6) is 0 Å². The Hall–Kier alpha value is -2.63. The minimum absolute atomic E-state index is 0.326. The number of aromatic amines is 1. The second-order valence-electron chi connectivity index (χ2n) is 5.63. The zero-order chi connectivity index (χ0) is 15.6. The number of nitrogens with two attached hydrogens (primary N) is 1. The van der Waals surface area contributed by atoms with Crippen molar-refractivity contribution in [2.24, 2.45) is 5.73 Å². The summed E-state index contributed by atoms with van der Waals surface area (Å²) < 4.78 is 0. The van der Waals surface area contributed by atoms with E-state index < -0.39 is 11.4 Å². The summed E-state index contributed by atoms with van der Waals surface area (Å²) in [5, 5.41) is 9.63. The standard InChI is InChI=1S/C16H18N4O2/c17-15(22)16(8-4-5-9-16)19-14(21)12-10-18-20-13(12)11-6-2-1-3-7-11/h1-3,6-7,10H,4-5,8-9H2,(H2,17,22)(H,18,20)(H,19,21). The Morgan fingerprint density at radius 1 is 1.18 bits per heavy atom. The van der Waals surface area contributed by atoms with Gasteiger partial charge in [0, 0.05) is 5.56 Å². The highest BCUT2D eigenvalue weighted by Crippen LogP contribution is 2.30. The lowest BCUT2D eigenvalue weighted by atomic mass is 9.96. The van der Waals surface area contributed by atoms with Crippen molar-refractivity contribution in [1.82, 2.24) is 15.5 Å². The predicted octanol–water partition coefficient (Wildman–Crippen LogP) is 1.60. The van der Waals surface area contributed by atoms with E-state index in [0.717, 1.165) is 18.4 Å². The summed E-state index contributed by atoms with van der Waals surface area (Å²) in [5.41, 5.74) is 6.49. The molecule has 3 rings (SSSR count). The van der Waals surface area contributed by atoms with Crippen LogP contribution in [0.25, 0.3) is 11.3 Å². The molecular formula is C16H18N4O2. The van der Waals surface area contributed by atoms with Crippen LogP contribution in [0.15, 0.2) is 36.5 Å². The molecule has 1 aromatic carbocycles. The second kappa shape index (κ2) is 5.63. The van der Waals surface area contributed by atoms with E-state index in [1.165, 1.54) is 6.20 Å². The Morgan fingerprint density at radius 3 is 2.50 bits per heavy atom. The number of carbonyl (C=O) groups excluding carboxylic acids is 2. The van der Waals surface area contributed by atoms with Gasteiger partial charge in [0.15, 0.2) is 0 Å². The molecule has 0 radical (unpaired) electrons. The van der Waals surface area contributed by atoms with Gasteiger partial charge in [0.2, 0.25) is 5.91 Å². The molecule has 4 N–H and O–H groups in total. The first-order valence-electron chi connectivity index (χ1n) is 7.34. The largest absolute Gasteiger partial charge is 0.368 e. The molecule has 0 spiro atoms. The summed E-state index contributed by atoms with van der Waals surface area (Å²) in [4.78, 5) is 24.4. The molecule has 0 atom stereocenters. The quantitative estimate of drug-likeness (QED) is 0.799. The van der Waals surface area contributed by atoms with Crippen LogP contribution in [0.1, 0.15) is 36.0 Å². The first kappa shape index (κ1) is 14.3. The van der Waals surface area contributed by atoms with Crippen molar-refractivity contribution in [3.05, 3.63) is 42.1 Å². The van der Waals surface area contributed by atoms with E-state index in [9.17, 15) is 9.59 Å². The Morgan fingerprint density at radius 2 is 1.86 bits per heavy atom. The normalized spacial score (nSPS) is 16.4. The highest BCUT2D eigenvalue weighted by atomic mass is 16.2. The van der Waals surface area contributed by atoms with Crippen LogP contribution in [-0.4, -0.2) is 27.6 Å². The van der Waals surface area contributed by atoms with Crippen LogP contribution >= 0.6 is 0 Å². The number of nitrogens with one attached hydrogen (secondary N) is 2. The van der Waals surface area contributed by atoms with Crippen LogP contribution in [0.4, 0.5) is 0 Å². The van der Waals surface area contributed by atoms with Crippen LogP contribution in [-0.2, 0) is 4.79 Å². The zero-order valence-corrected chi connectivity index (χ0v) is 12.1. The molecule has 0 aliphatic heterocycles. The van der Waals surface area contributed by atoms with E-state index in [1.807, 2.05) is 30.3 Å². The zero-order valence-electron chi connectivity index (χ0n) is 12.1. The van der Waals surface area contributed by atoms with Gasteiger partial charge in [0.1, 0.15) is 5.54 Å². The number of aromatic nitrogens is 2. The van der Waals surface area contributed by atoms with Crippen LogP contribution in [0, 0.1) is 0 Å². The molecule has 114 valence electrons. The van der Waals surface area contributed by atoms with E-state index in [4.69, 9.17) is 5.73 Å². The minimum atomic E-state index is -0.928. The lowest BCUT2D eigenvalue weighted by Crippen LogP contribution is -2.55. The fraction of sp³-hybridized carbons (Fsp3) is 0.312. The van der Waals surface area contributed by atoms with Gasteiger partial charge in [0.05, 0.1) is 17.5 Å². The Bertz CT molecular complexity index is 687. The average molecular weight is 298 g/mol. The molecule has 0 saturated heterocycles. The Kier molecular flexibility index (Phi) is 3.66. The molecule has 22 heavy (non-hydrogen) atoms. The van der Waals surface area contributed by atoms with Crippen LogP contribution in [0.2, 0.25) is 0 Å². The molecule has 2 amide bonds. The van der Waals surface area contributed by atoms with Crippen LogP contribution in [0.3, 0.4) is 0 Å². The number of benzene rings is 1. The molecule has 0 unspecified atom stereocenters. The topological polar surface area (TPSA) is 101 Å². The highest BCUT2D eigenvalue weighted by Gasteiger charge is 2.41. The molecular weight excluding hydrogens is 280 g/mol. The van der Waals surface area contributed by atoms with Crippen molar-refractivity contribution < 1.29 is 9.59 Å². The van der Waals surface area contributed by atoms with Crippen molar-refractivity contribution >= 4 is 11.8 Å². The second-order valence-corrected chi connectivity index (χ2v) is 5.63. The molecule has 1 aromatic heterocycles. The van der Waals surface area contributed by atoms with E-state index in [1.54, 1.807) is 0 Å². The fourth-order valence-corrected chi connectivity index (χ4v) is 2.98. The lowest BCUT2D eigenvalue weighted by Gasteiger charge is -2.26. The molecule has 2 aromatic rings. The smallest absolute Gasteiger partial charge is 0.255 e. The van der Waals surface area contributed by atoms with E-state index in [0.29, 0.717) is 24.1 Å². The van der Waals surface area contributed by atoms with E-state index >= 15 is 0 Å². The molecule has 6 heteroatoms. The van der Waals surface area contributed by atoms with Crippen LogP contribution < -0.4 is 11.1 Å². The lowest BCUT2D eigenvalue weighted by molar-refractivity contribution is -0.123.